The van der Waals surface area contributed by atoms with Gasteiger partial charge in [-0.15, -0.1) is 0 Å². The van der Waals surface area contributed by atoms with E-state index in [9.17, 15) is 13.2 Å². The predicted octanol–water partition coefficient (Wildman–Crippen LogP) is 4.91. The number of alkyl halides is 3. The molecule has 0 fully saturated rings. The van der Waals surface area contributed by atoms with Gasteiger partial charge in [-0.2, -0.15) is 13.2 Å². The fourth-order valence-electron chi connectivity index (χ4n) is 3.98. The van der Waals surface area contributed by atoms with Gasteiger partial charge < -0.3 is 4.57 Å². The highest BCUT2D eigenvalue weighted by atomic mass is 19.4. The Labute approximate surface area is 183 Å². The number of halogens is 3. The minimum Gasteiger partial charge on any atom is -0.320 e. The van der Waals surface area contributed by atoms with E-state index in [4.69, 9.17) is 4.98 Å². The number of hydrogen-bond acceptors (Lipinski definition) is 4. The van der Waals surface area contributed by atoms with Gasteiger partial charge in [0.05, 0.1) is 11.3 Å². The van der Waals surface area contributed by atoms with Crippen LogP contribution in [0.5, 0.6) is 0 Å². The standard InChI is InChI=1S/C24H20F3N5/c25-24(26,27)19-5-7-20(8-6-19)32-11-2-4-21(32)16-31-12-9-22-18(15-31)14-29-23(30-22)17-3-1-10-28-13-17/h1-8,10-11,13-14H,9,12,15-16H2. The van der Waals surface area contributed by atoms with E-state index in [0.29, 0.717) is 18.1 Å². The maximum atomic E-state index is 12.9. The molecule has 1 aromatic carbocycles. The van der Waals surface area contributed by atoms with Crippen LogP contribution in [0.3, 0.4) is 0 Å². The molecule has 0 spiro atoms. The first-order valence-corrected chi connectivity index (χ1v) is 10.3. The van der Waals surface area contributed by atoms with Crippen molar-refractivity contribution < 1.29 is 13.2 Å². The summed E-state index contributed by atoms with van der Waals surface area (Å²) in [6, 6.07) is 13.0. The lowest BCUT2D eigenvalue weighted by molar-refractivity contribution is -0.137. The van der Waals surface area contributed by atoms with Crippen molar-refractivity contribution in [1.82, 2.24) is 24.4 Å². The minimum atomic E-state index is -4.34. The van der Waals surface area contributed by atoms with Gasteiger partial charge in [-0.3, -0.25) is 9.88 Å². The zero-order valence-corrected chi connectivity index (χ0v) is 17.1. The second-order valence-corrected chi connectivity index (χ2v) is 7.78. The van der Waals surface area contributed by atoms with E-state index in [1.807, 2.05) is 41.2 Å². The Hall–Kier alpha value is -3.52. The number of fused-ring (bicyclic) bond motifs is 1. The molecule has 0 atom stereocenters. The molecule has 1 aliphatic heterocycles. The van der Waals surface area contributed by atoms with Gasteiger partial charge in [0.1, 0.15) is 0 Å². The van der Waals surface area contributed by atoms with Crippen molar-refractivity contribution in [2.24, 2.45) is 0 Å². The molecule has 0 saturated heterocycles. The molecule has 0 N–H and O–H groups in total. The van der Waals surface area contributed by atoms with Crippen LogP contribution in [0, 0.1) is 0 Å². The first kappa shape index (κ1) is 20.4. The van der Waals surface area contributed by atoms with Gasteiger partial charge in [-0.05, 0) is 48.5 Å². The maximum Gasteiger partial charge on any atom is 0.416 e. The van der Waals surface area contributed by atoms with E-state index in [1.54, 1.807) is 12.4 Å². The van der Waals surface area contributed by atoms with Crippen LogP contribution in [0.25, 0.3) is 17.1 Å². The highest BCUT2D eigenvalue weighted by Crippen LogP contribution is 2.30. The lowest BCUT2D eigenvalue weighted by atomic mass is 10.1. The van der Waals surface area contributed by atoms with Crippen LogP contribution in [-0.4, -0.2) is 31.0 Å². The maximum absolute atomic E-state index is 12.9. The molecule has 162 valence electrons. The van der Waals surface area contributed by atoms with Crippen LogP contribution in [-0.2, 0) is 25.7 Å². The molecule has 0 saturated carbocycles. The van der Waals surface area contributed by atoms with Crippen LogP contribution in [0.2, 0.25) is 0 Å². The summed E-state index contributed by atoms with van der Waals surface area (Å²) < 4.78 is 40.5. The lowest BCUT2D eigenvalue weighted by Crippen LogP contribution is -2.31. The number of hydrogen-bond donors (Lipinski definition) is 0. The first-order valence-electron chi connectivity index (χ1n) is 10.3. The third kappa shape index (κ3) is 4.13. The first-order chi connectivity index (χ1) is 15.5. The Bertz CT molecular complexity index is 1220. The van der Waals surface area contributed by atoms with E-state index in [1.165, 1.54) is 12.1 Å². The van der Waals surface area contributed by atoms with Crippen LogP contribution in [0.15, 0.2) is 73.3 Å². The molecule has 0 aliphatic carbocycles. The van der Waals surface area contributed by atoms with Gasteiger partial charge in [0.25, 0.3) is 0 Å². The molecule has 4 aromatic rings. The highest BCUT2D eigenvalue weighted by molar-refractivity contribution is 5.53. The van der Waals surface area contributed by atoms with E-state index >= 15 is 0 Å². The van der Waals surface area contributed by atoms with Crippen molar-refractivity contribution in [2.45, 2.75) is 25.7 Å². The fraction of sp³-hybridized carbons (Fsp3) is 0.208. The number of benzene rings is 1. The normalized spacial score (nSPS) is 14.3. The molecule has 3 aromatic heterocycles. The average molecular weight is 435 g/mol. The van der Waals surface area contributed by atoms with Crippen molar-refractivity contribution in [2.75, 3.05) is 6.54 Å². The number of nitrogens with zero attached hydrogens (tertiary/aromatic N) is 5. The lowest BCUT2D eigenvalue weighted by Gasteiger charge is -2.28. The summed E-state index contributed by atoms with van der Waals surface area (Å²) in [5.41, 5.74) is 4.12. The van der Waals surface area contributed by atoms with Crippen molar-refractivity contribution in [3.63, 3.8) is 0 Å². The van der Waals surface area contributed by atoms with Crippen LogP contribution < -0.4 is 0 Å². The van der Waals surface area contributed by atoms with Crippen LogP contribution in [0.1, 0.15) is 22.5 Å². The summed E-state index contributed by atoms with van der Waals surface area (Å²) in [6.07, 6.45) is 3.71. The summed E-state index contributed by atoms with van der Waals surface area (Å²) in [7, 11) is 0. The van der Waals surface area contributed by atoms with Crippen LogP contribution in [0.4, 0.5) is 13.2 Å². The van der Waals surface area contributed by atoms with Crippen molar-refractivity contribution in [3.8, 4) is 17.1 Å². The Morgan fingerprint density at radius 2 is 1.81 bits per heavy atom. The Balaban J connectivity index is 1.32. The van der Waals surface area contributed by atoms with Gasteiger partial charge in [0.2, 0.25) is 0 Å². The second kappa shape index (κ2) is 8.20. The van der Waals surface area contributed by atoms with Crippen LogP contribution >= 0.6 is 0 Å². The Morgan fingerprint density at radius 3 is 2.56 bits per heavy atom. The van der Waals surface area contributed by atoms with E-state index in [2.05, 4.69) is 14.9 Å². The van der Waals surface area contributed by atoms with Gasteiger partial charge >= 0.3 is 6.18 Å². The Kier molecular flexibility index (Phi) is 5.22. The fourth-order valence-corrected chi connectivity index (χ4v) is 3.98. The molecule has 5 nitrogen and oxygen atoms in total. The molecular weight excluding hydrogens is 415 g/mol. The van der Waals surface area contributed by atoms with Gasteiger partial charge in [0.15, 0.2) is 5.82 Å². The molecule has 5 rings (SSSR count). The monoisotopic (exact) mass is 435 g/mol. The predicted molar refractivity (Wildman–Crippen MR) is 114 cm³/mol. The van der Waals surface area contributed by atoms with Gasteiger partial charge in [-0.1, -0.05) is 0 Å². The Morgan fingerprint density at radius 1 is 0.969 bits per heavy atom. The zero-order valence-electron chi connectivity index (χ0n) is 17.1. The number of rotatable bonds is 4. The molecule has 0 bridgehead atoms. The molecule has 0 amide bonds. The molecule has 8 heteroatoms. The third-order valence-electron chi connectivity index (χ3n) is 5.62. The average Bonchev–Trinajstić information content (AvgIpc) is 3.27. The molecule has 32 heavy (non-hydrogen) atoms. The van der Waals surface area contributed by atoms with Crippen molar-refractivity contribution in [3.05, 3.63) is 95.8 Å². The number of aromatic nitrogens is 4. The zero-order chi connectivity index (χ0) is 22.1. The molecule has 4 heterocycles. The van der Waals surface area contributed by atoms with E-state index < -0.39 is 11.7 Å². The molecule has 0 radical (unpaired) electrons. The van der Waals surface area contributed by atoms with E-state index in [-0.39, 0.29) is 0 Å². The largest absolute Gasteiger partial charge is 0.416 e. The molecule has 1 aliphatic rings. The number of pyridine rings is 1. The third-order valence-corrected chi connectivity index (χ3v) is 5.62. The van der Waals surface area contributed by atoms with Crippen molar-refractivity contribution >= 4 is 0 Å². The van der Waals surface area contributed by atoms with E-state index in [0.717, 1.165) is 54.2 Å². The summed E-state index contributed by atoms with van der Waals surface area (Å²) in [6.45, 7) is 2.24. The van der Waals surface area contributed by atoms with Crippen molar-refractivity contribution in [1.29, 1.82) is 0 Å². The molecular formula is C24H20F3N5. The quantitative estimate of drug-likeness (QED) is 0.457. The topological polar surface area (TPSA) is 46.8 Å². The van der Waals surface area contributed by atoms with Gasteiger partial charge in [-0.25, -0.2) is 9.97 Å². The summed E-state index contributed by atoms with van der Waals surface area (Å²) >= 11 is 0. The summed E-state index contributed by atoms with van der Waals surface area (Å²) in [5, 5.41) is 0. The van der Waals surface area contributed by atoms with Gasteiger partial charge in [0, 0.05) is 73.4 Å². The molecule has 0 unspecified atom stereocenters. The minimum absolute atomic E-state index is 0.645. The summed E-state index contributed by atoms with van der Waals surface area (Å²) in [4.78, 5) is 15.7. The smallest absolute Gasteiger partial charge is 0.320 e. The summed E-state index contributed by atoms with van der Waals surface area (Å²) in [5.74, 6) is 0.682. The SMILES string of the molecule is FC(F)(F)c1ccc(-n2cccc2CN2CCc3nc(-c4cccnc4)ncc3C2)cc1. The second-order valence-electron chi connectivity index (χ2n) is 7.78. The highest BCUT2D eigenvalue weighted by Gasteiger charge is 2.30.